The Morgan fingerprint density at radius 3 is 2.48 bits per heavy atom. The third-order valence-corrected chi connectivity index (χ3v) is 7.77. The van der Waals surface area contributed by atoms with Crippen LogP contribution in [0.1, 0.15) is 45.4 Å². The van der Waals surface area contributed by atoms with Crippen molar-refractivity contribution < 1.29 is 17.9 Å². The molecule has 27 heavy (non-hydrogen) atoms. The summed E-state index contributed by atoms with van der Waals surface area (Å²) in [6, 6.07) is 6.62. The average Bonchev–Trinajstić information content (AvgIpc) is 2.70. The maximum atomic E-state index is 13.0. The molecule has 1 aliphatic heterocycles. The number of ether oxygens (including phenoxy) is 1. The summed E-state index contributed by atoms with van der Waals surface area (Å²) in [6.07, 6.45) is 5.99. The van der Waals surface area contributed by atoms with Crippen LogP contribution < -0.4 is 10.1 Å². The number of benzene rings is 1. The molecular formula is C20H30N2O4S. The van der Waals surface area contributed by atoms with E-state index in [1.165, 1.54) is 10.7 Å². The van der Waals surface area contributed by atoms with Gasteiger partial charge in [-0.2, -0.15) is 4.31 Å². The van der Waals surface area contributed by atoms with Crippen molar-refractivity contribution in [2.75, 3.05) is 20.2 Å². The van der Waals surface area contributed by atoms with Crippen LogP contribution in [0.4, 0.5) is 0 Å². The van der Waals surface area contributed by atoms with Crippen LogP contribution in [0.5, 0.6) is 5.75 Å². The Morgan fingerprint density at radius 1 is 1.11 bits per heavy atom. The van der Waals surface area contributed by atoms with E-state index in [9.17, 15) is 13.2 Å². The molecule has 0 unspecified atom stereocenters. The molecule has 3 rings (SSSR count). The summed E-state index contributed by atoms with van der Waals surface area (Å²) in [7, 11) is -2.05. The van der Waals surface area contributed by atoms with Gasteiger partial charge in [0, 0.05) is 19.1 Å². The van der Waals surface area contributed by atoms with Gasteiger partial charge in [-0.1, -0.05) is 19.8 Å². The van der Waals surface area contributed by atoms with Gasteiger partial charge in [0.1, 0.15) is 5.75 Å². The highest BCUT2D eigenvalue weighted by Crippen LogP contribution is 2.27. The van der Waals surface area contributed by atoms with Gasteiger partial charge in [0.25, 0.3) is 0 Å². The van der Waals surface area contributed by atoms with Gasteiger partial charge in [0.05, 0.1) is 17.9 Å². The molecule has 0 aromatic heterocycles. The summed E-state index contributed by atoms with van der Waals surface area (Å²) in [4.78, 5) is 13.0. The molecule has 150 valence electrons. The van der Waals surface area contributed by atoms with Crippen molar-refractivity contribution in [1.82, 2.24) is 9.62 Å². The average molecular weight is 395 g/mol. The Labute approximate surface area is 162 Å². The maximum absolute atomic E-state index is 13.0. The van der Waals surface area contributed by atoms with E-state index in [0.29, 0.717) is 24.6 Å². The zero-order chi connectivity index (χ0) is 19.4. The summed E-state index contributed by atoms with van der Waals surface area (Å²) in [5.74, 6) is 0.834. The number of carbonyl (C=O) groups is 1. The quantitative estimate of drug-likeness (QED) is 0.833. The van der Waals surface area contributed by atoms with E-state index in [4.69, 9.17) is 4.74 Å². The number of rotatable bonds is 5. The van der Waals surface area contributed by atoms with Crippen LogP contribution in [0.25, 0.3) is 0 Å². The normalized spacial score (nSPS) is 27.1. The smallest absolute Gasteiger partial charge is 0.243 e. The van der Waals surface area contributed by atoms with E-state index < -0.39 is 10.0 Å². The molecule has 1 aromatic carbocycles. The van der Waals surface area contributed by atoms with Crippen LogP contribution in [0.3, 0.4) is 0 Å². The van der Waals surface area contributed by atoms with Crippen molar-refractivity contribution in [3.63, 3.8) is 0 Å². The molecule has 1 aliphatic carbocycles. The van der Waals surface area contributed by atoms with E-state index >= 15 is 0 Å². The number of sulfonamides is 1. The molecule has 2 fully saturated rings. The number of hydrogen-bond donors (Lipinski definition) is 1. The fourth-order valence-corrected chi connectivity index (χ4v) is 5.63. The molecule has 0 radical (unpaired) electrons. The van der Waals surface area contributed by atoms with Gasteiger partial charge in [-0.05, 0) is 55.9 Å². The first-order chi connectivity index (χ1) is 12.9. The standard InChI is InChI=1S/C20H30N2O4S/c1-15-6-3-4-8-19(15)21-20(23)16-7-5-13-22(14-16)27(24,25)18-11-9-17(26-2)10-12-18/h9-12,15-16,19H,3-8,13-14H2,1-2H3,(H,21,23)/t15-,16+,19-/m0/s1. The molecular weight excluding hydrogens is 364 g/mol. The Balaban J connectivity index is 1.66. The summed E-state index contributed by atoms with van der Waals surface area (Å²) in [6.45, 7) is 2.89. The fourth-order valence-electron chi connectivity index (χ4n) is 4.10. The molecule has 3 atom stereocenters. The highest BCUT2D eigenvalue weighted by atomic mass is 32.2. The predicted octanol–water partition coefficient (Wildman–Crippen LogP) is 2.79. The molecule has 6 nitrogen and oxygen atoms in total. The van der Waals surface area contributed by atoms with Gasteiger partial charge >= 0.3 is 0 Å². The molecule has 1 saturated heterocycles. The van der Waals surface area contributed by atoms with Crippen molar-refractivity contribution in [2.24, 2.45) is 11.8 Å². The van der Waals surface area contributed by atoms with E-state index in [-0.39, 0.29) is 29.3 Å². The molecule has 1 N–H and O–H groups in total. The summed E-state index contributed by atoms with van der Waals surface area (Å²) < 4.78 is 32.4. The van der Waals surface area contributed by atoms with Crippen molar-refractivity contribution in [2.45, 2.75) is 56.4 Å². The van der Waals surface area contributed by atoms with E-state index in [2.05, 4.69) is 12.2 Å². The van der Waals surface area contributed by atoms with Crippen molar-refractivity contribution in [3.05, 3.63) is 24.3 Å². The Kier molecular flexibility index (Phi) is 6.42. The van der Waals surface area contributed by atoms with E-state index in [1.54, 1.807) is 31.4 Å². The van der Waals surface area contributed by atoms with E-state index in [1.807, 2.05) is 0 Å². The number of hydrogen-bond acceptors (Lipinski definition) is 4. The highest BCUT2D eigenvalue weighted by molar-refractivity contribution is 7.89. The van der Waals surface area contributed by atoms with Crippen molar-refractivity contribution >= 4 is 15.9 Å². The monoisotopic (exact) mass is 394 g/mol. The molecule has 1 amide bonds. The lowest BCUT2D eigenvalue weighted by Gasteiger charge is -2.34. The minimum absolute atomic E-state index is 0.00313. The first-order valence-corrected chi connectivity index (χ1v) is 11.3. The first kappa shape index (κ1) is 20.1. The lowest BCUT2D eigenvalue weighted by molar-refractivity contribution is -0.127. The molecule has 1 saturated carbocycles. The Morgan fingerprint density at radius 2 is 1.81 bits per heavy atom. The van der Waals surface area contributed by atoms with Gasteiger partial charge in [0.2, 0.25) is 15.9 Å². The maximum Gasteiger partial charge on any atom is 0.243 e. The van der Waals surface area contributed by atoms with Gasteiger partial charge in [0.15, 0.2) is 0 Å². The predicted molar refractivity (Wildman–Crippen MR) is 104 cm³/mol. The first-order valence-electron chi connectivity index (χ1n) is 9.86. The van der Waals surface area contributed by atoms with Gasteiger partial charge in [-0.25, -0.2) is 8.42 Å². The van der Waals surface area contributed by atoms with Crippen LogP contribution in [-0.4, -0.2) is 44.9 Å². The number of nitrogens with zero attached hydrogens (tertiary/aromatic N) is 1. The molecule has 7 heteroatoms. The Hall–Kier alpha value is -1.60. The van der Waals surface area contributed by atoms with Gasteiger partial charge in [-0.3, -0.25) is 4.79 Å². The van der Waals surface area contributed by atoms with Crippen LogP contribution >= 0.6 is 0 Å². The number of carbonyl (C=O) groups excluding carboxylic acids is 1. The third kappa shape index (κ3) is 4.63. The molecule has 1 heterocycles. The van der Waals surface area contributed by atoms with Gasteiger partial charge < -0.3 is 10.1 Å². The molecule has 1 aromatic rings. The zero-order valence-electron chi connectivity index (χ0n) is 16.2. The molecule has 0 bridgehead atoms. The molecule has 2 aliphatic rings. The topological polar surface area (TPSA) is 75.7 Å². The number of nitrogens with one attached hydrogen (secondary N) is 1. The minimum Gasteiger partial charge on any atom is -0.497 e. The van der Waals surface area contributed by atoms with Crippen molar-refractivity contribution in [3.8, 4) is 5.75 Å². The number of amides is 1. The fraction of sp³-hybridized carbons (Fsp3) is 0.650. The second-order valence-electron chi connectivity index (χ2n) is 7.75. The van der Waals surface area contributed by atoms with Crippen LogP contribution in [0.2, 0.25) is 0 Å². The number of piperidine rings is 1. The van der Waals surface area contributed by atoms with Crippen LogP contribution in [0.15, 0.2) is 29.2 Å². The largest absolute Gasteiger partial charge is 0.497 e. The summed E-state index contributed by atoms with van der Waals surface area (Å²) in [5.41, 5.74) is 0. The van der Waals surface area contributed by atoms with Gasteiger partial charge in [-0.15, -0.1) is 0 Å². The SMILES string of the molecule is COc1ccc(S(=O)(=O)N2CCC[C@@H](C(=O)N[C@H]3CCCC[C@@H]3C)C2)cc1. The van der Waals surface area contributed by atoms with Crippen molar-refractivity contribution in [1.29, 1.82) is 0 Å². The minimum atomic E-state index is -3.60. The molecule has 0 spiro atoms. The highest BCUT2D eigenvalue weighted by Gasteiger charge is 2.34. The van der Waals surface area contributed by atoms with E-state index in [0.717, 1.165) is 25.7 Å². The summed E-state index contributed by atoms with van der Waals surface area (Å²) in [5, 5.41) is 3.19. The second-order valence-corrected chi connectivity index (χ2v) is 9.69. The third-order valence-electron chi connectivity index (χ3n) is 5.89. The summed E-state index contributed by atoms with van der Waals surface area (Å²) >= 11 is 0. The number of methoxy groups -OCH3 is 1. The lowest BCUT2D eigenvalue weighted by atomic mass is 9.85. The van der Waals surface area contributed by atoms with Crippen LogP contribution in [-0.2, 0) is 14.8 Å². The zero-order valence-corrected chi connectivity index (χ0v) is 17.0. The second kappa shape index (κ2) is 8.61. The Bertz CT molecular complexity index is 748. The lowest BCUT2D eigenvalue weighted by Crippen LogP contribution is -2.49. The van der Waals surface area contributed by atoms with Crippen LogP contribution in [0, 0.1) is 11.8 Å².